The maximum atomic E-state index is 11.1. The summed E-state index contributed by atoms with van der Waals surface area (Å²) in [6.45, 7) is 2.06. The van der Waals surface area contributed by atoms with Crippen molar-refractivity contribution in [2.75, 3.05) is 0 Å². The first kappa shape index (κ1) is 9.01. The van der Waals surface area contributed by atoms with Crippen molar-refractivity contribution < 1.29 is 4.79 Å². The molecule has 0 aliphatic rings. The SMILES string of the molecule is CC(=O)c1cnnn1Cc1ccns1. The largest absolute Gasteiger partial charge is 0.293 e. The van der Waals surface area contributed by atoms with E-state index in [2.05, 4.69) is 14.7 Å². The molecule has 0 radical (unpaired) electrons. The minimum Gasteiger partial charge on any atom is -0.293 e. The zero-order valence-electron chi connectivity index (χ0n) is 7.54. The average molecular weight is 208 g/mol. The number of carbonyl (C=O) groups is 1. The van der Waals surface area contributed by atoms with Crippen molar-refractivity contribution >= 4 is 17.3 Å². The van der Waals surface area contributed by atoms with Gasteiger partial charge in [-0.05, 0) is 17.6 Å². The molecule has 0 saturated carbocycles. The third-order valence-electron chi connectivity index (χ3n) is 1.78. The summed E-state index contributed by atoms with van der Waals surface area (Å²) < 4.78 is 5.55. The van der Waals surface area contributed by atoms with Gasteiger partial charge in [-0.15, -0.1) is 5.10 Å². The van der Waals surface area contributed by atoms with E-state index < -0.39 is 0 Å². The fourth-order valence-corrected chi connectivity index (χ4v) is 1.68. The van der Waals surface area contributed by atoms with Crippen molar-refractivity contribution in [2.45, 2.75) is 13.5 Å². The van der Waals surface area contributed by atoms with Crippen LogP contribution in [0.2, 0.25) is 0 Å². The highest BCUT2D eigenvalue weighted by atomic mass is 32.1. The summed E-state index contributed by atoms with van der Waals surface area (Å²) in [5, 5.41) is 7.54. The van der Waals surface area contributed by atoms with Gasteiger partial charge in [-0.2, -0.15) is 0 Å². The van der Waals surface area contributed by atoms with E-state index in [4.69, 9.17) is 0 Å². The normalized spacial score (nSPS) is 10.4. The topological polar surface area (TPSA) is 60.7 Å². The van der Waals surface area contributed by atoms with Crippen molar-refractivity contribution in [3.63, 3.8) is 0 Å². The number of hydrogen-bond acceptors (Lipinski definition) is 5. The summed E-state index contributed by atoms with van der Waals surface area (Å²) in [6, 6.07) is 1.90. The number of hydrogen-bond donors (Lipinski definition) is 0. The van der Waals surface area contributed by atoms with E-state index in [9.17, 15) is 4.79 Å². The van der Waals surface area contributed by atoms with Gasteiger partial charge < -0.3 is 0 Å². The van der Waals surface area contributed by atoms with Crippen molar-refractivity contribution in [3.05, 3.63) is 29.0 Å². The summed E-state index contributed by atoms with van der Waals surface area (Å²) in [5.41, 5.74) is 0.526. The van der Waals surface area contributed by atoms with Gasteiger partial charge in [-0.3, -0.25) is 4.79 Å². The molecule has 0 amide bonds. The standard InChI is InChI=1S/C8H8N4OS/c1-6(13)8-4-9-11-12(8)5-7-2-3-10-14-7/h2-4H,5H2,1H3. The number of Topliss-reactive ketones (excluding diaryl/α,β-unsaturated/α-hetero) is 1. The Balaban J connectivity index is 2.25. The van der Waals surface area contributed by atoms with Crippen LogP contribution in [0.1, 0.15) is 22.3 Å². The van der Waals surface area contributed by atoms with Crippen LogP contribution in [0.4, 0.5) is 0 Å². The maximum Gasteiger partial charge on any atom is 0.179 e. The fourth-order valence-electron chi connectivity index (χ4n) is 1.12. The van der Waals surface area contributed by atoms with E-state index in [1.54, 1.807) is 10.9 Å². The molecule has 0 aliphatic heterocycles. The number of carbonyl (C=O) groups excluding carboxylic acids is 1. The van der Waals surface area contributed by atoms with Gasteiger partial charge in [0.2, 0.25) is 0 Å². The highest BCUT2D eigenvalue weighted by Crippen LogP contribution is 2.08. The molecule has 2 aromatic rings. The summed E-state index contributed by atoms with van der Waals surface area (Å²) in [4.78, 5) is 12.2. The van der Waals surface area contributed by atoms with Gasteiger partial charge in [0.1, 0.15) is 5.69 Å². The molecule has 5 nitrogen and oxygen atoms in total. The van der Waals surface area contributed by atoms with Crippen LogP contribution in [0, 0.1) is 0 Å². The van der Waals surface area contributed by atoms with Crippen LogP contribution in [-0.2, 0) is 6.54 Å². The average Bonchev–Trinajstić information content (AvgIpc) is 2.75. The predicted molar refractivity (Wildman–Crippen MR) is 51.2 cm³/mol. The van der Waals surface area contributed by atoms with Gasteiger partial charge in [0.05, 0.1) is 12.7 Å². The van der Waals surface area contributed by atoms with Gasteiger partial charge in [0.15, 0.2) is 5.78 Å². The molecule has 2 heterocycles. The Hall–Kier alpha value is -1.56. The lowest BCUT2D eigenvalue weighted by Crippen LogP contribution is -2.08. The molecule has 2 rings (SSSR count). The highest BCUT2D eigenvalue weighted by Gasteiger charge is 2.09. The number of aromatic nitrogens is 4. The zero-order chi connectivity index (χ0) is 9.97. The van der Waals surface area contributed by atoms with E-state index in [-0.39, 0.29) is 5.78 Å². The van der Waals surface area contributed by atoms with Crippen molar-refractivity contribution in [3.8, 4) is 0 Å². The second-order valence-electron chi connectivity index (χ2n) is 2.81. The van der Waals surface area contributed by atoms with E-state index in [1.165, 1.54) is 24.7 Å². The number of nitrogens with zero attached hydrogens (tertiary/aromatic N) is 4. The van der Waals surface area contributed by atoms with Crippen LogP contribution >= 0.6 is 11.5 Å². The van der Waals surface area contributed by atoms with Crippen LogP contribution in [-0.4, -0.2) is 25.2 Å². The first-order valence-corrected chi connectivity index (χ1v) is 4.83. The first-order chi connectivity index (χ1) is 6.77. The van der Waals surface area contributed by atoms with Gasteiger partial charge in [-0.25, -0.2) is 9.06 Å². The van der Waals surface area contributed by atoms with Crippen LogP contribution in [0.15, 0.2) is 18.5 Å². The van der Waals surface area contributed by atoms with Gasteiger partial charge >= 0.3 is 0 Å². The minimum atomic E-state index is -0.0282. The molecule has 0 atom stereocenters. The summed E-state index contributed by atoms with van der Waals surface area (Å²) in [6.07, 6.45) is 3.20. The third kappa shape index (κ3) is 1.69. The Kier molecular flexibility index (Phi) is 2.36. The Bertz CT molecular complexity index is 434. The summed E-state index contributed by atoms with van der Waals surface area (Å²) in [5.74, 6) is -0.0282. The molecule has 0 saturated heterocycles. The monoisotopic (exact) mass is 208 g/mol. The molecule has 0 fully saturated rings. The lowest BCUT2D eigenvalue weighted by atomic mass is 10.3. The number of rotatable bonds is 3. The molecule has 6 heteroatoms. The molecular weight excluding hydrogens is 200 g/mol. The van der Waals surface area contributed by atoms with E-state index in [1.807, 2.05) is 6.07 Å². The Morgan fingerprint density at radius 3 is 3.14 bits per heavy atom. The van der Waals surface area contributed by atoms with Crippen molar-refractivity contribution in [1.82, 2.24) is 19.4 Å². The molecule has 0 spiro atoms. The van der Waals surface area contributed by atoms with Gasteiger partial charge in [0.25, 0.3) is 0 Å². The molecular formula is C8H8N4OS. The minimum absolute atomic E-state index is 0.0282. The van der Waals surface area contributed by atoms with E-state index in [0.717, 1.165) is 4.88 Å². The van der Waals surface area contributed by atoms with Crippen LogP contribution in [0.25, 0.3) is 0 Å². The maximum absolute atomic E-state index is 11.1. The second kappa shape index (κ2) is 3.67. The quantitative estimate of drug-likeness (QED) is 0.705. The molecule has 0 unspecified atom stereocenters. The van der Waals surface area contributed by atoms with Gasteiger partial charge in [-0.1, -0.05) is 5.21 Å². The van der Waals surface area contributed by atoms with E-state index in [0.29, 0.717) is 12.2 Å². The Labute approximate surface area is 84.5 Å². The fraction of sp³-hybridized carbons (Fsp3) is 0.250. The number of ketones is 1. The third-order valence-corrected chi connectivity index (χ3v) is 2.50. The first-order valence-electron chi connectivity index (χ1n) is 4.06. The lowest BCUT2D eigenvalue weighted by molar-refractivity contribution is 0.100. The molecule has 0 bridgehead atoms. The second-order valence-corrected chi connectivity index (χ2v) is 3.73. The Morgan fingerprint density at radius 2 is 2.50 bits per heavy atom. The molecule has 0 aliphatic carbocycles. The molecule has 0 aromatic carbocycles. The molecule has 0 N–H and O–H groups in total. The summed E-state index contributed by atoms with van der Waals surface area (Å²) >= 11 is 1.39. The van der Waals surface area contributed by atoms with Gasteiger partial charge in [0, 0.05) is 18.0 Å². The molecule has 72 valence electrons. The van der Waals surface area contributed by atoms with Crippen molar-refractivity contribution in [2.24, 2.45) is 0 Å². The zero-order valence-corrected chi connectivity index (χ0v) is 8.36. The Morgan fingerprint density at radius 1 is 1.64 bits per heavy atom. The molecule has 2 aromatic heterocycles. The smallest absolute Gasteiger partial charge is 0.179 e. The molecule has 14 heavy (non-hydrogen) atoms. The van der Waals surface area contributed by atoms with Crippen LogP contribution in [0.5, 0.6) is 0 Å². The highest BCUT2D eigenvalue weighted by molar-refractivity contribution is 7.05. The van der Waals surface area contributed by atoms with Crippen LogP contribution < -0.4 is 0 Å². The lowest BCUT2D eigenvalue weighted by Gasteiger charge is -1.99. The van der Waals surface area contributed by atoms with E-state index >= 15 is 0 Å². The van der Waals surface area contributed by atoms with Crippen LogP contribution in [0.3, 0.4) is 0 Å². The van der Waals surface area contributed by atoms with Crippen molar-refractivity contribution in [1.29, 1.82) is 0 Å². The predicted octanol–water partition coefficient (Wildman–Crippen LogP) is 0.985. The summed E-state index contributed by atoms with van der Waals surface area (Å²) in [7, 11) is 0.